The number of aliphatic carboxylic acids is 1. The normalized spacial score (nSPS) is 26.9. The van der Waals surface area contributed by atoms with E-state index in [0.717, 1.165) is 5.56 Å². The first-order valence-electron chi connectivity index (χ1n) is 8.68. The molecule has 1 unspecified atom stereocenters. The minimum Gasteiger partial charge on any atom is -0.481 e. The number of halogens is 1. The molecule has 2 N–H and O–H groups in total. The number of nitrogens with zero attached hydrogens (tertiary/aromatic N) is 1. The van der Waals surface area contributed by atoms with Gasteiger partial charge in [0.2, 0.25) is 0 Å². The van der Waals surface area contributed by atoms with Gasteiger partial charge in [-0.1, -0.05) is 12.1 Å². The molecule has 0 radical (unpaired) electrons. The van der Waals surface area contributed by atoms with Gasteiger partial charge in [-0.05, 0) is 43.4 Å². The molecule has 6 nitrogen and oxygen atoms in total. The first-order valence-corrected chi connectivity index (χ1v) is 8.68. The van der Waals surface area contributed by atoms with Crippen LogP contribution in [0.15, 0.2) is 24.3 Å². The molecular weight excluding hydrogens is 327 g/mol. The molecule has 25 heavy (non-hydrogen) atoms. The molecule has 1 heterocycles. The molecule has 1 aromatic carbocycles. The van der Waals surface area contributed by atoms with E-state index in [9.17, 15) is 14.0 Å². The number of benzene rings is 1. The Morgan fingerprint density at radius 1 is 1.24 bits per heavy atom. The van der Waals surface area contributed by atoms with Crippen LogP contribution in [-0.4, -0.2) is 47.7 Å². The average molecular weight is 350 g/mol. The number of carbonyl (C=O) groups is 2. The van der Waals surface area contributed by atoms with Gasteiger partial charge in [-0.2, -0.15) is 0 Å². The molecule has 0 bridgehead atoms. The van der Waals surface area contributed by atoms with Crippen LogP contribution in [0.5, 0.6) is 0 Å². The zero-order chi connectivity index (χ0) is 17.8. The lowest BCUT2D eigenvalue weighted by Gasteiger charge is -2.35. The van der Waals surface area contributed by atoms with E-state index in [1.54, 1.807) is 17.0 Å². The number of urea groups is 1. The third-order valence-corrected chi connectivity index (χ3v) is 4.98. The summed E-state index contributed by atoms with van der Waals surface area (Å²) in [6.45, 7) is 1.27. The van der Waals surface area contributed by atoms with Gasteiger partial charge < -0.3 is 20.1 Å². The van der Waals surface area contributed by atoms with E-state index in [4.69, 9.17) is 9.84 Å². The molecule has 1 saturated carbocycles. The number of hydrogen-bond acceptors (Lipinski definition) is 3. The molecule has 2 aliphatic rings. The van der Waals surface area contributed by atoms with E-state index in [1.165, 1.54) is 12.1 Å². The van der Waals surface area contributed by atoms with Crippen LogP contribution in [-0.2, 0) is 9.53 Å². The predicted octanol–water partition coefficient (Wildman–Crippen LogP) is 2.55. The van der Waals surface area contributed by atoms with Crippen LogP contribution in [0.4, 0.5) is 9.18 Å². The third-order valence-electron chi connectivity index (χ3n) is 4.98. The largest absolute Gasteiger partial charge is 0.481 e. The number of carboxylic acids is 1. The molecule has 1 aromatic rings. The molecular formula is C18H23FN2O4. The van der Waals surface area contributed by atoms with Crippen LogP contribution in [0.2, 0.25) is 0 Å². The Kier molecular flexibility index (Phi) is 5.53. The molecule has 0 aromatic heterocycles. The topological polar surface area (TPSA) is 78.9 Å². The number of rotatable bonds is 3. The lowest BCUT2D eigenvalue weighted by Crippen LogP contribution is -2.50. The van der Waals surface area contributed by atoms with Gasteiger partial charge in [0.15, 0.2) is 0 Å². The van der Waals surface area contributed by atoms with E-state index in [-0.39, 0.29) is 29.9 Å². The highest BCUT2D eigenvalue weighted by Crippen LogP contribution is 2.26. The van der Waals surface area contributed by atoms with Gasteiger partial charge in [0, 0.05) is 12.6 Å². The van der Waals surface area contributed by atoms with Crippen molar-refractivity contribution < 1.29 is 23.8 Å². The fourth-order valence-electron chi connectivity index (χ4n) is 3.49. The lowest BCUT2D eigenvalue weighted by atomic mass is 9.86. The number of carboxylic acid groups (broad SMARTS) is 1. The number of amides is 2. The number of ether oxygens (including phenoxy) is 1. The second-order valence-corrected chi connectivity index (χ2v) is 6.70. The summed E-state index contributed by atoms with van der Waals surface area (Å²) in [5.74, 6) is -1.37. The monoisotopic (exact) mass is 350 g/mol. The summed E-state index contributed by atoms with van der Waals surface area (Å²) in [7, 11) is 0. The third kappa shape index (κ3) is 4.48. The van der Waals surface area contributed by atoms with Gasteiger partial charge in [-0.3, -0.25) is 4.79 Å². The maximum absolute atomic E-state index is 13.4. The van der Waals surface area contributed by atoms with Crippen molar-refractivity contribution in [1.82, 2.24) is 10.2 Å². The summed E-state index contributed by atoms with van der Waals surface area (Å²) in [5, 5.41) is 12.0. The van der Waals surface area contributed by atoms with Crippen LogP contribution >= 0.6 is 0 Å². The Labute approximate surface area is 146 Å². The molecule has 1 aliphatic heterocycles. The summed E-state index contributed by atoms with van der Waals surface area (Å²) in [4.78, 5) is 25.2. The Morgan fingerprint density at radius 3 is 2.68 bits per heavy atom. The van der Waals surface area contributed by atoms with Crippen molar-refractivity contribution in [3.8, 4) is 0 Å². The zero-order valence-electron chi connectivity index (χ0n) is 14.0. The quantitative estimate of drug-likeness (QED) is 0.878. The van der Waals surface area contributed by atoms with Crippen LogP contribution in [0.25, 0.3) is 0 Å². The van der Waals surface area contributed by atoms with Gasteiger partial charge in [-0.25, -0.2) is 9.18 Å². The standard InChI is InChI=1S/C18H23FN2O4/c19-14-3-1-2-13(10-14)16-11-21(8-9-25-16)18(24)20-15-6-4-12(5-7-15)17(22)23/h1-3,10,12,15-16H,4-9,11H2,(H,20,24)(H,22,23). The Balaban J connectivity index is 1.53. The number of morpholine rings is 1. The van der Waals surface area contributed by atoms with Crippen molar-refractivity contribution in [3.63, 3.8) is 0 Å². The summed E-state index contributed by atoms with van der Waals surface area (Å²) in [6.07, 6.45) is 2.21. The van der Waals surface area contributed by atoms with Crippen molar-refractivity contribution in [2.24, 2.45) is 5.92 Å². The van der Waals surface area contributed by atoms with Crippen molar-refractivity contribution in [2.75, 3.05) is 19.7 Å². The van der Waals surface area contributed by atoms with Crippen molar-refractivity contribution in [3.05, 3.63) is 35.6 Å². The molecule has 136 valence electrons. The molecule has 2 fully saturated rings. The smallest absolute Gasteiger partial charge is 0.317 e. The van der Waals surface area contributed by atoms with Crippen molar-refractivity contribution in [1.29, 1.82) is 0 Å². The highest BCUT2D eigenvalue weighted by atomic mass is 19.1. The molecule has 3 rings (SSSR count). The lowest BCUT2D eigenvalue weighted by molar-refractivity contribution is -0.142. The van der Waals surface area contributed by atoms with Gasteiger partial charge >= 0.3 is 12.0 Å². The second kappa shape index (κ2) is 7.82. The Morgan fingerprint density at radius 2 is 2.00 bits per heavy atom. The fraction of sp³-hybridized carbons (Fsp3) is 0.556. The summed E-state index contributed by atoms with van der Waals surface area (Å²) in [5.41, 5.74) is 0.722. The minimum atomic E-state index is -0.754. The SMILES string of the molecule is O=C(O)C1CCC(NC(=O)N2CCOC(c3cccc(F)c3)C2)CC1. The predicted molar refractivity (Wildman–Crippen MR) is 88.6 cm³/mol. The summed E-state index contributed by atoms with van der Waals surface area (Å²) >= 11 is 0. The molecule has 1 atom stereocenters. The number of hydrogen-bond donors (Lipinski definition) is 2. The van der Waals surface area contributed by atoms with E-state index >= 15 is 0 Å². The summed E-state index contributed by atoms with van der Waals surface area (Å²) in [6, 6.07) is 6.09. The van der Waals surface area contributed by atoms with Crippen molar-refractivity contribution >= 4 is 12.0 Å². The molecule has 2 amide bonds. The van der Waals surface area contributed by atoms with E-state index < -0.39 is 5.97 Å². The summed E-state index contributed by atoms with van der Waals surface area (Å²) < 4.78 is 19.1. The molecule has 7 heteroatoms. The Hall–Kier alpha value is -2.15. The maximum Gasteiger partial charge on any atom is 0.317 e. The van der Waals surface area contributed by atoms with Crippen LogP contribution in [0, 0.1) is 11.7 Å². The van der Waals surface area contributed by atoms with Crippen molar-refractivity contribution in [2.45, 2.75) is 37.8 Å². The number of carbonyl (C=O) groups excluding carboxylic acids is 1. The fourth-order valence-corrected chi connectivity index (χ4v) is 3.49. The number of nitrogens with one attached hydrogen (secondary N) is 1. The highest BCUT2D eigenvalue weighted by molar-refractivity contribution is 5.75. The maximum atomic E-state index is 13.4. The van der Waals surface area contributed by atoms with Crippen LogP contribution in [0.3, 0.4) is 0 Å². The average Bonchev–Trinajstić information content (AvgIpc) is 2.62. The first kappa shape index (κ1) is 17.7. The van der Waals surface area contributed by atoms with Gasteiger partial charge in [0.1, 0.15) is 11.9 Å². The molecule has 1 saturated heterocycles. The molecule has 0 spiro atoms. The van der Waals surface area contributed by atoms with Gasteiger partial charge in [0.05, 0.1) is 19.1 Å². The minimum absolute atomic E-state index is 0.0126. The first-order chi connectivity index (χ1) is 12.0. The van der Waals surface area contributed by atoms with E-state index in [0.29, 0.717) is 45.4 Å². The van der Waals surface area contributed by atoms with Crippen LogP contribution < -0.4 is 5.32 Å². The Bertz CT molecular complexity index is 631. The van der Waals surface area contributed by atoms with Gasteiger partial charge in [-0.15, -0.1) is 0 Å². The zero-order valence-corrected chi connectivity index (χ0v) is 14.0. The van der Waals surface area contributed by atoms with E-state index in [2.05, 4.69) is 5.32 Å². The second-order valence-electron chi connectivity index (χ2n) is 6.70. The highest BCUT2D eigenvalue weighted by Gasteiger charge is 2.30. The van der Waals surface area contributed by atoms with Gasteiger partial charge in [0.25, 0.3) is 0 Å². The molecule has 1 aliphatic carbocycles. The van der Waals surface area contributed by atoms with Crippen LogP contribution in [0.1, 0.15) is 37.4 Å². The van der Waals surface area contributed by atoms with E-state index in [1.807, 2.05) is 0 Å².